The number of rotatable bonds is 4. The van der Waals surface area contributed by atoms with Crippen molar-refractivity contribution < 1.29 is 28.5 Å². The fourth-order valence-corrected chi connectivity index (χ4v) is 4.49. The molecule has 6 nitrogen and oxygen atoms in total. The predicted octanol–water partition coefficient (Wildman–Crippen LogP) is 2.56. The van der Waals surface area contributed by atoms with E-state index in [4.69, 9.17) is 18.9 Å². The molecule has 6 unspecified atom stereocenters. The molecule has 0 N–H and O–H groups in total. The SMILES string of the molecule is O=C(OC1CCCCO1)C1C2C=CC(C2)C1C(=O)OC1CCCCO1. The van der Waals surface area contributed by atoms with Crippen LogP contribution in [-0.2, 0) is 28.5 Å². The Morgan fingerprint density at radius 1 is 0.760 bits per heavy atom. The molecule has 3 fully saturated rings. The first kappa shape index (κ1) is 17.0. The van der Waals surface area contributed by atoms with E-state index < -0.39 is 24.4 Å². The Morgan fingerprint density at radius 3 is 1.64 bits per heavy atom. The third-order valence-electron chi connectivity index (χ3n) is 5.77. The Kier molecular flexibility index (Phi) is 5.08. The molecule has 0 aromatic heterocycles. The lowest BCUT2D eigenvalue weighted by Crippen LogP contribution is -2.39. The highest BCUT2D eigenvalue weighted by molar-refractivity contribution is 5.84. The number of esters is 2. The molecule has 6 atom stereocenters. The molecule has 2 heterocycles. The lowest BCUT2D eigenvalue weighted by Gasteiger charge is -2.30. The van der Waals surface area contributed by atoms with Crippen molar-refractivity contribution in [2.45, 2.75) is 57.5 Å². The Hall–Kier alpha value is -1.40. The molecule has 2 aliphatic carbocycles. The topological polar surface area (TPSA) is 71.1 Å². The second-order valence-corrected chi connectivity index (χ2v) is 7.47. The number of ether oxygens (including phenoxy) is 4. The minimum atomic E-state index is -0.470. The molecule has 25 heavy (non-hydrogen) atoms. The average Bonchev–Trinajstić information content (AvgIpc) is 3.24. The maximum absolute atomic E-state index is 12.7. The standard InChI is InChI=1S/C19H26O6/c20-18(24-14-5-1-3-9-22-14)16-12-7-8-13(11-12)17(16)19(21)25-15-6-2-4-10-23-15/h7-8,12-17H,1-6,9-11H2. The number of carbonyl (C=O) groups is 2. The summed E-state index contributed by atoms with van der Waals surface area (Å²) in [5, 5.41) is 0. The zero-order valence-corrected chi connectivity index (χ0v) is 14.4. The summed E-state index contributed by atoms with van der Waals surface area (Å²) < 4.78 is 22.1. The maximum Gasteiger partial charge on any atom is 0.312 e. The van der Waals surface area contributed by atoms with Gasteiger partial charge in [0.2, 0.25) is 12.6 Å². The normalized spacial score (nSPS) is 40.0. The van der Waals surface area contributed by atoms with Crippen LogP contribution in [0.2, 0.25) is 0 Å². The molecular weight excluding hydrogens is 324 g/mol. The highest BCUT2D eigenvalue weighted by Gasteiger charge is 2.53. The molecule has 0 aromatic carbocycles. The molecule has 2 saturated heterocycles. The van der Waals surface area contributed by atoms with E-state index in [1.54, 1.807) is 0 Å². The first-order chi connectivity index (χ1) is 12.2. The Labute approximate surface area is 147 Å². The number of hydrogen-bond acceptors (Lipinski definition) is 6. The maximum atomic E-state index is 12.7. The van der Waals surface area contributed by atoms with E-state index in [1.165, 1.54) is 0 Å². The Bertz CT molecular complexity index is 486. The zero-order valence-electron chi connectivity index (χ0n) is 14.4. The molecule has 0 spiro atoms. The second-order valence-electron chi connectivity index (χ2n) is 7.47. The van der Waals surface area contributed by atoms with Gasteiger partial charge in [-0.2, -0.15) is 0 Å². The van der Waals surface area contributed by atoms with Crippen LogP contribution in [-0.4, -0.2) is 37.7 Å². The minimum absolute atomic E-state index is 0.0610. The number of carbonyl (C=O) groups excluding carboxylic acids is 2. The van der Waals surface area contributed by atoms with Gasteiger partial charge in [-0.3, -0.25) is 9.59 Å². The van der Waals surface area contributed by atoms with Gasteiger partial charge in [0.25, 0.3) is 0 Å². The van der Waals surface area contributed by atoms with Crippen LogP contribution in [0.1, 0.15) is 44.9 Å². The number of allylic oxidation sites excluding steroid dienone is 2. The summed E-state index contributed by atoms with van der Waals surface area (Å²) in [5.41, 5.74) is 0. The van der Waals surface area contributed by atoms with Crippen molar-refractivity contribution in [2.75, 3.05) is 13.2 Å². The molecule has 0 aromatic rings. The number of fused-ring (bicyclic) bond motifs is 2. The van der Waals surface area contributed by atoms with E-state index in [9.17, 15) is 9.59 Å². The molecule has 2 bridgehead atoms. The molecule has 2 aliphatic heterocycles. The number of hydrogen-bond donors (Lipinski definition) is 0. The summed E-state index contributed by atoms with van der Waals surface area (Å²) in [6.45, 7) is 1.25. The fourth-order valence-electron chi connectivity index (χ4n) is 4.49. The summed E-state index contributed by atoms with van der Waals surface area (Å²) >= 11 is 0. The molecule has 138 valence electrons. The lowest BCUT2D eigenvalue weighted by molar-refractivity contribution is -0.203. The van der Waals surface area contributed by atoms with Crippen molar-refractivity contribution in [3.8, 4) is 0 Å². The lowest BCUT2D eigenvalue weighted by atomic mass is 9.83. The second kappa shape index (κ2) is 7.46. The van der Waals surface area contributed by atoms with Gasteiger partial charge < -0.3 is 18.9 Å². The van der Waals surface area contributed by atoms with Crippen LogP contribution >= 0.6 is 0 Å². The molecule has 4 rings (SSSR count). The molecular formula is C19H26O6. The third kappa shape index (κ3) is 3.60. The van der Waals surface area contributed by atoms with Crippen molar-refractivity contribution in [3.05, 3.63) is 12.2 Å². The molecule has 0 amide bonds. The van der Waals surface area contributed by atoms with Crippen LogP contribution in [0.15, 0.2) is 12.2 Å². The predicted molar refractivity (Wildman–Crippen MR) is 87.1 cm³/mol. The summed E-state index contributed by atoms with van der Waals surface area (Å²) in [6, 6.07) is 0. The van der Waals surface area contributed by atoms with E-state index in [0.717, 1.165) is 44.9 Å². The van der Waals surface area contributed by atoms with E-state index in [-0.39, 0.29) is 23.8 Å². The van der Waals surface area contributed by atoms with Gasteiger partial charge in [0.15, 0.2) is 0 Å². The summed E-state index contributed by atoms with van der Waals surface area (Å²) in [6.07, 6.45) is 9.42. The quantitative estimate of drug-likeness (QED) is 0.573. The van der Waals surface area contributed by atoms with E-state index in [1.807, 2.05) is 12.2 Å². The van der Waals surface area contributed by atoms with Crippen molar-refractivity contribution in [1.82, 2.24) is 0 Å². The smallest absolute Gasteiger partial charge is 0.312 e. The fraction of sp³-hybridized carbons (Fsp3) is 0.789. The van der Waals surface area contributed by atoms with Gasteiger partial charge in [-0.15, -0.1) is 0 Å². The monoisotopic (exact) mass is 350 g/mol. The van der Waals surface area contributed by atoms with Gasteiger partial charge in [0.05, 0.1) is 25.0 Å². The van der Waals surface area contributed by atoms with Gasteiger partial charge in [-0.25, -0.2) is 0 Å². The molecule has 6 heteroatoms. The van der Waals surface area contributed by atoms with E-state index in [0.29, 0.717) is 13.2 Å². The van der Waals surface area contributed by atoms with E-state index >= 15 is 0 Å². The van der Waals surface area contributed by atoms with Crippen molar-refractivity contribution in [3.63, 3.8) is 0 Å². The summed E-state index contributed by atoms with van der Waals surface area (Å²) in [5.74, 6) is -1.45. The van der Waals surface area contributed by atoms with E-state index in [2.05, 4.69) is 0 Å². The van der Waals surface area contributed by atoms with Gasteiger partial charge in [-0.1, -0.05) is 12.2 Å². The van der Waals surface area contributed by atoms with Gasteiger partial charge >= 0.3 is 11.9 Å². The average molecular weight is 350 g/mol. The minimum Gasteiger partial charge on any atom is -0.436 e. The largest absolute Gasteiger partial charge is 0.436 e. The summed E-state index contributed by atoms with van der Waals surface area (Å²) in [7, 11) is 0. The Morgan fingerprint density at radius 2 is 1.24 bits per heavy atom. The van der Waals surface area contributed by atoms with Gasteiger partial charge in [0, 0.05) is 12.8 Å². The van der Waals surface area contributed by atoms with Crippen LogP contribution in [0, 0.1) is 23.7 Å². The third-order valence-corrected chi connectivity index (χ3v) is 5.77. The summed E-state index contributed by atoms with van der Waals surface area (Å²) in [4.78, 5) is 25.5. The molecule has 1 saturated carbocycles. The van der Waals surface area contributed by atoms with Crippen LogP contribution in [0.5, 0.6) is 0 Å². The van der Waals surface area contributed by atoms with Crippen LogP contribution in [0.25, 0.3) is 0 Å². The first-order valence-corrected chi connectivity index (χ1v) is 9.55. The highest BCUT2D eigenvalue weighted by atomic mass is 16.7. The van der Waals surface area contributed by atoms with Gasteiger partial charge in [0.1, 0.15) is 0 Å². The Balaban J connectivity index is 1.41. The molecule has 4 aliphatic rings. The van der Waals surface area contributed by atoms with Crippen molar-refractivity contribution in [2.24, 2.45) is 23.7 Å². The van der Waals surface area contributed by atoms with Crippen molar-refractivity contribution in [1.29, 1.82) is 0 Å². The molecule has 0 radical (unpaired) electrons. The van der Waals surface area contributed by atoms with Crippen LogP contribution in [0.3, 0.4) is 0 Å². The highest BCUT2D eigenvalue weighted by Crippen LogP contribution is 2.49. The first-order valence-electron chi connectivity index (χ1n) is 9.55. The van der Waals surface area contributed by atoms with Crippen LogP contribution in [0.4, 0.5) is 0 Å². The van der Waals surface area contributed by atoms with Crippen molar-refractivity contribution >= 4 is 11.9 Å². The zero-order chi connectivity index (χ0) is 17.2. The van der Waals surface area contributed by atoms with Crippen LogP contribution < -0.4 is 0 Å². The van der Waals surface area contributed by atoms with Gasteiger partial charge in [-0.05, 0) is 43.9 Å².